The van der Waals surface area contributed by atoms with Crippen LogP contribution in [0.15, 0.2) is 54.6 Å². The Hall–Kier alpha value is -2.66. The molecule has 0 bridgehead atoms. The summed E-state index contributed by atoms with van der Waals surface area (Å²) in [6, 6.07) is 16.3. The number of benzene rings is 2. The lowest BCUT2D eigenvalue weighted by Gasteiger charge is -2.26. The molecule has 1 heterocycles. The second-order valence-corrected chi connectivity index (χ2v) is 6.70. The lowest BCUT2D eigenvalue weighted by Crippen LogP contribution is -2.35. The van der Waals surface area contributed by atoms with Crippen LogP contribution in [0.1, 0.15) is 47.6 Å². The fraction of sp³-hybridized carbons (Fsp3) is 0.333. The number of nitrogens with zero attached hydrogens (tertiary/aromatic N) is 1. The summed E-state index contributed by atoms with van der Waals surface area (Å²) < 4.78 is 0. The highest BCUT2D eigenvalue weighted by Gasteiger charge is 2.18. The van der Waals surface area contributed by atoms with Crippen LogP contribution in [0, 0.1) is 0 Å². The van der Waals surface area contributed by atoms with Gasteiger partial charge in [0.05, 0.1) is 0 Å². The van der Waals surface area contributed by atoms with Gasteiger partial charge in [-0.2, -0.15) is 0 Å². The van der Waals surface area contributed by atoms with E-state index in [0.717, 1.165) is 31.5 Å². The molecule has 1 unspecified atom stereocenters. The molecule has 3 N–H and O–H groups in total. The highest BCUT2D eigenvalue weighted by molar-refractivity contribution is 5.97. The SMILES string of the molecule is NC(CC(=O)Nc1cccc(C(=O)N2CCCCC2)c1)c1ccccc1. The van der Waals surface area contributed by atoms with Crippen molar-refractivity contribution in [2.75, 3.05) is 18.4 Å². The molecule has 3 rings (SSSR count). The van der Waals surface area contributed by atoms with Gasteiger partial charge in [-0.1, -0.05) is 36.4 Å². The van der Waals surface area contributed by atoms with Crippen LogP contribution in [0.2, 0.25) is 0 Å². The highest BCUT2D eigenvalue weighted by Crippen LogP contribution is 2.18. The molecule has 136 valence electrons. The second kappa shape index (κ2) is 8.63. The Labute approximate surface area is 154 Å². The molecule has 26 heavy (non-hydrogen) atoms. The molecule has 2 aromatic rings. The summed E-state index contributed by atoms with van der Waals surface area (Å²) in [4.78, 5) is 26.8. The van der Waals surface area contributed by atoms with Crippen molar-refractivity contribution in [3.63, 3.8) is 0 Å². The van der Waals surface area contributed by atoms with E-state index in [4.69, 9.17) is 5.73 Å². The van der Waals surface area contributed by atoms with Gasteiger partial charge < -0.3 is 16.0 Å². The smallest absolute Gasteiger partial charge is 0.253 e. The average molecular weight is 351 g/mol. The van der Waals surface area contributed by atoms with Crippen molar-refractivity contribution in [3.8, 4) is 0 Å². The quantitative estimate of drug-likeness (QED) is 0.867. The van der Waals surface area contributed by atoms with Gasteiger partial charge in [-0.3, -0.25) is 9.59 Å². The molecule has 1 aliphatic heterocycles. The van der Waals surface area contributed by atoms with Gasteiger partial charge >= 0.3 is 0 Å². The molecular weight excluding hydrogens is 326 g/mol. The van der Waals surface area contributed by atoms with Crippen molar-refractivity contribution in [3.05, 3.63) is 65.7 Å². The topological polar surface area (TPSA) is 75.4 Å². The maximum Gasteiger partial charge on any atom is 0.253 e. The van der Waals surface area contributed by atoms with E-state index >= 15 is 0 Å². The van der Waals surface area contributed by atoms with E-state index in [-0.39, 0.29) is 24.3 Å². The molecule has 2 amide bonds. The first kappa shape index (κ1) is 18.1. The van der Waals surface area contributed by atoms with Crippen LogP contribution in [0.3, 0.4) is 0 Å². The van der Waals surface area contributed by atoms with E-state index in [0.29, 0.717) is 11.3 Å². The van der Waals surface area contributed by atoms with Crippen LogP contribution in [-0.2, 0) is 4.79 Å². The molecule has 1 atom stereocenters. The van der Waals surface area contributed by atoms with E-state index in [1.54, 1.807) is 24.3 Å². The van der Waals surface area contributed by atoms with Gasteiger partial charge in [0.2, 0.25) is 5.91 Å². The number of nitrogens with one attached hydrogen (secondary N) is 1. The monoisotopic (exact) mass is 351 g/mol. The fourth-order valence-corrected chi connectivity index (χ4v) is 3.24. The third-order valence-corrected chi connectivity index (χ3v) is 4.67. The van der Waals surface area contributed by atoms with E-state index in [1.165, 1.54) is 6.42 Å². The summed E-state index contributed by atoms with van der Waals surface area (Å²) in [6.07, 6.45) is 3.48. The number of amides is 2. The zero-order valence-corrected chi connectivity index (χ0v) is 14.9. The van der Waals surface area contributed by atoms with Crippen LogP contribution < -0.4 is 11.1 Å². The Morgan fingerprint density at radius 3 is 2.46 bits per heavy atom. The number of likely N-dealkylation sites (tertiary alicyclic amines) is 1. The fourth-order valence-electron chi connectivity index (χ4n) is 3.24. The number of rotatable bonds is 5. The molecule has 5 nitrogen and oxygen atoms in total. The minimum Gasteiger partial charge on any atom is -0.339 e. The third-order valence-electron chi connectivity index (χ3n) is 4.67. The van der Waals surface area contributed by atoms with Crippen molar-refractivity contribution in [2.24, 2.45) is 5.73 Å². The molecule has 1 fully saturated rings. The Kier molecular flexibility index (Phi) is 6.02. The average Bonchev–Trinajstić information content (AvgIpc) is 2.69. The normalized spacial score (nSPS) is 15.3. The first-order valence-corrected chi connectivity index (χ1v) is 9.13. The van der Waals surface area contributed by atoms with Crippen molar-refractivity contribution in [1.82, 2.24) is 4.90 Å². The summed E-state index contributed by atoms with van der Waals surface area (Å²) in [7, 11) is 0. The number of hydrogen-bond donors (Lipinski definition) is 2. The number of nitrogens with two attached hydrogens (primary N) is 1. The number of piperidine rings is 1. The van der Waals surface area contributed by atoms with Crippen molar-refractivity contribution >= 4 is 17.5 Å². The Morgan fingerprint density at radius 1 is 1.00 bits per heavy atom. The zero-order valence-electron chi connectivity index (χ0n) is 14.9. The summed E-state index contributed by atoms with van der Waals surface area (Å²) in [5, 5.41) is 2.85. The lowest BCUT2D eigenvalue weighted by molar-refractivity contribution is -0.116. The Balaban J connectivity index is 1.61. The van der Waals surface area contributed by atoms with E-state index in [9.17, 15) is 9.59 Å². The van der Waals surface area contributed by atoms with Gasteiger partial charge in [-0.15, -0.1) is 0 Å². The Morgan fingerprint density at radius 2 is 1.73 bits per heavy atom. The predicted octanol–water partition coefficient (Wildman–Crippen LogP) is 3.34. The first-order valence-electron chi connectivity index (χ1n) is 9.13. The van der Waals surface area contributed by atoms with Crippen LogP contribution in [-0.4, -0.2) is 29.8 Å². The standard InChI is InChI=1S/C21H25N3O2/c22-19(16-8-3-1-4-9-16)15-20(25)23-18-11-7-10-17(14-18)21(26)24-12-5-2-6-13-24/h1,3-4,7-11,14,19H,2,5-6,12-13,15,22H2,(H,23,25). The lowest BCUT2D eigenvalue weighted by atomic mass is 10.0. The van der Waals surface area contributed by atoms with E-state index in [2.05, 4.69) is 5.32 Å². The molecule has 1 aliphatic rings. The van der Waals surface area contributed by atoms with Crippen LogP contribution in [0.4, 0.5) is 5.69 Å². The molecular formula is C21H25N3O2. The third kappa shape index (κ3) is 4.70. The first-order chi connectivity index (χ1) is 12.6. The van der Waals surface area contributed by atoms with Crippen LogP contribution in [0.25, 0.3) is 0 Å². The predicted molar refractivity (Wildman–Crippen MR) is 103 cm³/mol. The molecule has 0 aliphatic carbocycles. The number of anilines is 1. The van der Waals surface area contributed by atoms with Crippen molar-refractivity contribution in [1.29, 1.82) is 0 Å². The van der Waals surface area contributed by atoms with E-state index < -0.39 is 0 Å². The largest absolute Gasteiger partial charge is 0.339 e. The minimum atomic E-state index is -0.352. The van der Waals surface area contributed by atoms with Crippen LogP contribution >= 0.6 is 0 Å². The molecule has 0 spiro atoms. The molecule has 2 aromatic carbocycles. The molecule has 5 heteroatoms. The van der Waals surface area contributed by atoms with Gasteiger partial charge in [0, 0.05) is 36.8 Å². The summed E-state index contributed by atoms with van der Waals surface area (Å²) in [5.41, 5.74) is 8.26. The van der Waals surface area contributed by atoms with Gasteiger partial charge in [-0.05, 0) is 43.0 Å². The molecule has 0 aromatic heterocycles. The zero-order chi connectivity index (χ0) is 18.4. The van der Waals surface area contributed by atoms with Crippen LogP contribution in [0.5, 0.6) is 0 Å². The highest BCUT2D eigenvalue weighted by atomic mass is 16.2. The minimum absolute atomic E-state index is 0.0294. The number of carbonyl (C=O) groups excluding carboxylic acids is 2. The van der Waals surface area contributed by atoms with Gasteiger partial charge in [-0.25, -0.2) is 0 Å². The van der Waals surface area contributed by atoms with Crippen molar-refractivity contribution < 1.29 is 9.59 Å². The van der Waals surface area contributed by atoms with E-state index in [1.807, 2.05) is 35.2 Å². The summed E-state index contributed by atoms with van der Waals surface area (Å²) >= 11 is 0. The molecule has 0 radical (unpaired) electrons. The van der Waals surface area contributed by atoms with Gasteiger partial charge in [0.15, 0.2) is 0 Å². The number of carbonyl (C=O) groups is 2. The second-order valence-electron chi connectivity index (χ2n) is 6.70. The van der Waals surface area contributed by atoms with Crippen molar-refractivity contribution in [2.45, 2.75) is 31.7 Å². The van der Waals surface area contributed by atoms with Gasteiger partial charge in [0.1, 0.15) is 0 Å². The Bertz CT molecular complexity index is 755. The van der Waals surface area contributed by atoms with Gasteiger partial charge in [0.25, 0.3) is 5.91 Å². The molecule has 0 saturated carbocycles. The number of hydrogen-bond acceptors (Lipinski definition) is 3. The molecule has 1 saturated heterocycles. The maximum atomic E-state index is 12.6. The summed E-state index contributed by atoms with van der Waals surface area (Å²) in [5.74, 6) is -0.134. The maximum absolute atomic E-state index is 12.6. The summed E-state index contributed by atoms with van der Waals surface area (Å²) in [6.45, 7) is 1.61.